The average molecular weight is 218 g/mol. The molecule has 0 aliphatic heterocycles. The van der Waals surface area contributed by atoms with Crippen LogP contribution in [-0.2, 0) is 6.42 Å². The molecule has 84 valence electrons. The Morgan fingerprint density at radius 3 is 2.56 bits per heavy atom. The minimum Gasteiger partial charge on any atom is -0.508 e. The van der Waals surface area contributed by atoms with Gasteiger partial charge in [0.15, 0.2) is 0 Å². The molecule has 1 heterocycles. The topological polar surface area (TPSA) is 50.4 Å². The maximum absolute atomic E-state index is 11.5. The molecule has 0 fully saturated rings. The minimum absolute atomic E-state index is 0.182. The third kappa shape index (κ3) is 1.48. The Kier molecular flexibility index (Phi) is 2.46. The molecular weight excluding hydrogens is 204 g/mol. The van der Waals surface area contributed by atoms with E-state index in [0.29, 0.717) is 11.1 Å². The Morgan fingerprint density at radius 1 is 1.25 bits per heavy atom. The van der Waals surface area contributed by atoms with Crippen molar-refractivity contribution in [3.8, 4) is 5.75 Å². The summed E-state index contributed by atoms with van der Waals surface area (Å²) in [6, 6.07) is 3.40. The van der Waals surface area contributed by atoms with Crippen LogP contribution < -0.4 is 5.63 Å². The third-order valence-corrected chi connectivity index (χ3v) is 3.04. The van der Waals surface area contributed by atoms with Crippen molar-refractivity contribution < 1.29 is 9.52 Å². The van der Waals surface area contributed by atoms with Gasteiger partial charge in [0, 0.05) is 17.0 Å². The predicted molar refractivity (Wildman–Crippen MR) is 63.0 cm³/mol. The second-order valence-corrected chi connectivity index (χ2v) is 3.97. The highest BCUT2D eigenvalue weighted by molar-refractivity contribution is 5.83. The molecule has 0 spiro atoms. The maximum Gasteiger partial charge on any atom is 0.339 e. The quantitative estimate of drug-likeness (QED) is 0.748. The molecule has 0 saturated heterocycles. The summed E-state index contributed by atoms with van der Waals surface area (Å²) in [5.41, 5.74) is 2.52. The van der Waals surface area contributed by atoms with E-state index < -0.39 is 0 Å². The highest BCUT2D eigenvalue weighted by Gasteiger charge is 2.10. The summed E-state index contributed by atoms with van der Waals surface area (Å²) in [6.45, 7) is 5.62. The molecule has 0 saturated carbocycles. The van der Waals surface area contributed by atoms with Gasteiger partial charge in [-0.3, -0.25) is 0 Å². The summed E-state index contributed by atoms with van der Waals surface area (Å²) in [6.07, 6.45) is 0.749. The molecule has 2 rings (SSSR count). The number of hydrogen-bond donors (Lipinski definition) is 1. The molecule has 0 bridgehead atoms. The molecule has 2 aromatic rings. The van der Waals surface area contributed by atoms with Crippen LogP contribution in [0.15, 0.2) is 21.3 Å². The van der Waals surface area contributed by atoms with Crippen molar-refractivity contribution in [1.82, 2.24) is 0 Å². The monoisotopic (exact) mass is 218 g/mol. The van der Waals surface area contributed by atoms with E-state index in [1.165, 1.54) is 6.07 Å². The summed E-state index contributed by atoms with van der Waals surface area (Å²) in [4.78, 5) is 11.5. The Hall–Kier alpha value is -1.77. The number of rotatable bonds is 1. The lowest BCUT2D eigenvalue weighted by atomic mass is 10.0. The molecular formula is C13H14O3. The van der Waals surface area contributed by atoms with Crippen molar-refractivity contribution in [3.05, 3.63) is 39.2 Å². The summed E-state index contributed by atoms with van der Waals surface area (Å²) < 4.78 is 5.14. The fraction of sp³-hybridized carbons (Fsp3) is 0.308. The van der Waals surface area contributed by atoms with Gasteiger partial charge in [-0.15, -0.1) is 0 Å². The van der Waals surface area contributed by atoms with Gasteiger partial charge in [0.1, 0.15) is 11.3 Å². The van der Waals surface area contributed by atoms with E-state index in [-0.39, 0.29) is 11.4 Å². The Bertz CT molecular complexity index is 609. The summed E-state index contributed by atoms with van der Waals surface area (Å²) in [5, 5.41) is 10.6. The lowest BCUT2D eigenvalue weighted by molar-refractivity contribution is 0.466. The molecule has 3 nitrogen and oxygen atoms in total. The molecule has 1 N–H and O–H groups in total. The van der Waals surface area contributed by atoms with E-state index in [4.69, 9.17) is 4.42 Å². The van der Waals surface area contributed by atoms with Crippen LogP contribution in [0.25, 0.3) is 11.0 Å². The van der Waals surface area contributed by atoms with Gasteiger partial charge < -0.3 is 9.52 Å². The first-order chi connectivity index (χ1) is 7.54. The van der Waals surface area contributed by atoms with Crippen LogP contribution in [0.1, 0.15) is 23.6 Å². The predicted octanol–water partition coefficient (Wildman–Crippen LogP) is 2.68. The first-order valence-electron chi connectivity index (χ1n) is 5.30. The summed E-state index contributed by atoms with van der Waals surface area (Å²) in [7, 11) is 0. The smallest absolute Gasteiger partial charge is 0.339 e. The number of aryl methyl sites for hydroxylation is 2. The largest absolute Gasteiger partial charge is 0.508 e. The van der Waals surface area contributed by atoms with Crippen LogP contribution in [0.2, 0.25) is 0 Å². The second-order valence-electron chi connectivity index (χ2n) is 3.97. The molecule has 3 heteroatoms. The van der Waals surface area contributed by atoms with Crippen LogP contribution in [0.5, 0.6) is 5.75 Å². The lowest BCUT2D eigenvalue weighted by Crippen LogP contribution is -2.05. The van der Waals surface area contributed by atoms with Crippen molar-refractivity contribution in [2.75, 3.05) is 0 Å². The van der Waals surface area contributed by atoms with Gasteiger partial charge >= 0.3 is 5.63 Å². The van der Waals surface area contributed by atoms with E-state index in [1.54, 1.807) is 6.92 Å². The average Bonchev–Trinajstić information content (AvgIpc) is 2.26. The standard InChI is InChI=1S/C13H14O3/c1-4-9-5-10-7(2)8(3)13(15)16-12(10)6-11(9)14/h5-6,14H,4H2,1-3H3. The van der Waals surface area contributed by atoms with Crippen molar-refractivity contribution in [1.29, 1.82) is 0 Å². The number of hydrogen-bond acceptors (Lipinski definition) is 3. The van der Waals surface area contributed by atoms with Crippen molar-refractivity contribution in [2.24, 2.45) is 0 Å². The van der Waals surface area contributed by atoms with Gasteiger partial charge in [-0.25, -0.2) is 4.79 Å². The SMILES string of the molecule is CCc1cc2c(C)c(C)c(=O)oc2cc1O. The highest BCUT2D eigenvalue weighted by atomic mass is 16.4. The first kappa shape index (κ1) is 10.7. The number of fused-ring (bicyclic) bond motifs is 1. The minimum atomic E-state index is -0.339. The molecule has 1 aromatic carbocycles. The number of benzene rings is 1. The lowest BCUT2D eigenvalue weighted by Gasteiger charge is -2.07. The first-order valence-corrected chi connectivity index (χ1v) is 5.30. The zero-order valence-electron chi connectivity index (χ0n) is 9.63. The summed E-state index contributed by atoms with van der Waals surface area (Å²) in [5.74, 6) is 0.182. The highest BCUT2D eigenvalue weighted by Crippen LogP contribution is 2.27. The van der Waals surface area contributed by atoms with Crippen LogP contribution in [0, 0.1) is 13.8 Å². The number of aromatic hydroxyl groups is 1. The van der Waals surface area contributed by atoms with Crippen LogP contribution >= 0.6 is 0 Å². The zero-order chi connectivity index (χ0) is 11.9. The molecule has 16 heavy (non-hydrogen) atoms. The fourth-order valence-corrected chi connectivity index (χ4v) is 1.81. The molecule has 0 aliphatic rings. The fourth-order valence-electron chi connectivity index (χ4n) is 1.81. The van der Waals surface area contributed by atoms with Crippen LogP contribution in [0.3, 0.4) is 0 Å². The molecule has 0 amide bonds. The maximum atomic E-state index is 11.5. The zero-order valence-corrected chi connectivity index (χ0v) is 9.63. The van der Waals surface area contributed by atoms with E-state index in [2.05, 4.69) is 0 Å². The van der Waals surface area contributed by atoms with Gasteiger partial charge in [0.05, 0.1) is 0 Å². The summed E-state index contributed by atoms with van der Waals surface area (Å²) >= 11 is 0. The van der Waals surface area contributed by atoms with E-state index in [1.807, 2.05) is 19.9 Å². The van der Waals surface area contributed by atoms with Crippen LogP contribution in [-0.4, -0.2) is 5.11 Å². The van der Waals surface area contributed by atoms with Crippen molar-refractivity contribution >= 4 is 11.0 Å². The van der Waals surface area contributed by atoms with E-state index >= 15 is 0 Å². The third-order valence-electron chi connectivity index (χ3n) is 3.04. The molecule has 0 unspecified atom stereocenters. The van der Waals surface area contributed by atoms with Crippen molar-refractivity contribution in [2.45, 2.75) is 27.2 Å². The van der Waals surface area contributed by atoms with Gasteiger partial charge in [-0.05, 0) is 37.5 Å². The Morgan fingerprint density at radius 2 is 1.94 bits per heavy atom. The Labute approximate surface area is 93.3 Å². The van der Waals surface area contributed by atoms with Crippen molar-refractivity contribution in [3.63, 3.8) is 0 Å². The van der Waals surface area contributed by atoms with Crippen LogP contribution in [0.4, 0.5) is 0 Å². The Balaban J connectivity index is 2.92. The second kappa shape index (κ2) is 3.67. The van der Waals surface area contributed by atoms with E-state index in [9.17, 15) is 9.90 Å². The molecule has 0 atom stereocenters. The number of phenolic OH excluding ortho intramolecular Hbond substituents is 1. The molecule has 1 aromatic heterocycles. The normalized spacial score (nSPS) is 10.9. The van der Waals surface area contributed by atoms with Gasteiger partial charge in [-0.2, -0.15) is 0 Å². The molecule has 0 aliphatic carbocycles. The van der Waals surface area contributed by atoms with Gasteiger partial charge in [-0.1, -0.05) is 6.92 Å². The number of phenols is 1. The van der Waals surface area contributed by atoms with E-state index in [0.717, 1.165) is 22.9 Å². The molecule has 0 radical (unpaired) electrons. The van der Waals surface area contributed by atoms with Gasteiger partial charge in [0.2, 0.25) is 0 Å². The van der Waals surface area contributed by atoms with Gasteiger partial charge in [0.25, 0.3) is 0 Å².